The van der Waals surface area contributed by atoms with E-state index in [-0.39, 0.29) is 17.5 Å². The van der Waals surface area contributed by atoms with E-state index in [1.54, 1.807) is 4.90 Å². The molecule has 1 N–H and O–H groups in total. The fourth-order valence-corrected chi connectivity index (χ4v) is 1.76. The van der Waals surface area contributed by atoms with Crippen LogP contribution in [-0.4, -0.2) is 34.8 Å². The number of nitrogens with one attached hydrogen (secondary N) is 1. The molecule has 0 saturated heterocycles. The van der Waals surface area contributed by atoms with Gasteiger partial charge in [-0.05, 0) is 19.8 Å². The van der Waals surface area contributed by atoms with Crippen LogP contribution in [0.4, 0.5) is 0 Å². The van der Waals surface area contributed by atoms with E-state index in [1.165, 1.54) is 6.26 Å². The van der Waals surface area contributed by atoms with Crippen molar-refractivity contribution in [2.45, 2.75) is 40.7 Å². The highest BCUT2D eigenvalue weighted by molar-refractivity contribution is 5.91. The van der Waals surface area contributed by atoms with Gasteiger partial charge in [0.15, 0.2) is 5.69 Å². The standard InChI is InChI=1S/C14H23N3O3/c1-5-15-14(19)11-9-20-12(16-11)8-17(6-2)13(18)7-10(3)4/h9-10H,5-8H2,1-4H3,(H,15,19). The van der Waals surface area contributed by atoms with Crippen LogP contribution in [-0.2, 0) is 11.3 Å². The zero-order chi connectivity index (χ0) is 15.1. The van der Waals surface area contributed by atoms with Gasteiger partial charge >= 0.3 is 0 Å². The normalized spacial score (nSPS) is 10.7. The van der Waals surface area contributed by atoms with Crippen LogP contribution >= 0.6 is 0 Å². The minimum Gasteiger partial charge on any atom is -0.446 e. The number of aromatic nitrogens is 1. The predicted octanol–water partition coefficient (Wildman–Crippen LogP) is 1.82. The Labute approximate surface area is 119 Å². The zero-order valence-electron chi connectivity index (χ0n) is 12.6. The predicted molar refractivity (Wildman–Crippen MR) is 75.1 cm³/mol. The average Bonchev–Trinajstić information content (AvgIpc) is 2.83. The van der Waals surface area contributed by atoms with Gasteiger partial charge in [-0.15, -0.1) is 0 Å². The lowest BCUT2D eigenvalue weighted by Crippen LogP contribution is -2.31. The Morgan fingerprint density at radius 1 is 1.40 bits per heavy atom. The van der Waals surface area contributed by atoms with Crippen molar-refractivity contribution in [1.29, 1.82) is 0 Å². The van der Waals surface area contributed by atoms with Crippen molar-refractivity contribution in [3.63, 3.8) is 0 Å². The van der Waals surface area contributed by atoms with E-state index in [2.05, 4.69) is 10.3 Å². The molecule has 0 bridgehead atoms. The SMILES string of the molecule is CCNC(=O)c1coc(CN(CC)C(=O)CC(C)C)n1. The average molecular weight is 281 g/mol. The van der Waals surface area contributed by atoms with Gasteiger partial charge in [0.2, 0.25) is 11.8 Å². The van der Waals surface area contributed by atoms with Gasteiger partial charge in [-0.3, -0.25) is 9.59 Å². The van der Waals surface area contributed by atoms with Gasteiger partial charge in [-0.2, -0.15) is 0 Å². The number of hydrogen-bond donors (Lipinski definition) is 1. The molecular weight excluding hydrogens is 258 g/mol. The Hall–Kier alpha value is -1.85. The molecule has 2 amide bonds. The van der Waals surface area contributed by atoms with Crippen molar-refractivity contribution in [2.24, 2.45) is 5.92 Å². The summed E-state index contributed by atoms with van der Waals surface area (Å²) in [6.45, 7) is 9.17. The van der Waals surface area contributed by atoms with Gasteiger partial charge in [0, 0.05) is 19.5 Å². The molecule has 0 unspecified atom stereocenters. The summed E-state index contributed by atoms with van der Waals surface area (Å²) in [5, 5.41) is 2.65. The summed E-state index contributed by atoms with van der Waals surface area (Å²) < 4.78 is 5.25. The number of amides is 2. The van der Waals surface area contributed by atoms with E-state index in [1.807, 2.05) is 27.7 Å². The van der Waals surface area contributed by atoms with Gasteiger partial charge in [0.1, 0.15) is 6.26 Å². The molecule has 20 heavy (non-hydrogen) atoms. The molecule has 1 heterocycles. The second kappa shape index (κ2) is 7.67. The topological polar surface area (TPSA) is 75.4 Å². The first-order valence-corrected chi connectivity index (χ1v) is 6.98. The van der Waals surface area contributed by atoms with Crippen LogP contribution in [0.5, 0.6) is 0 Å². The summed E-state index contributed by atoms with van der Waals surface area (Å²) in [5.74, 6) is 0.497. The van der Waals surface area contributed by atoms with Crippen molar-refractivity contribution < 1.29 is 14.0 Å². The van der Waals surface area contributed by atoms with Crippen molar-refractivity contribution in [2.75, 3.05) is 13.1 Å². The number of nitrogens with zero attached hydrogens (tertiary/aromatic N) is 2. The molecule has 0 fully saturated rings. The molecule has 0 radical (unpaired) electrons. The highest BCUT2D eigenvalue weighted by atomic mass is 16.3. The molecule has 0 aliphatic carbocycles. The molecule has 0 aromatic carbocycles. The maximum Gasteiger partial charge on any atom is 0.273 e. The van der Waals surface area contributed by atoms with Crippen LogP contribution in [0, 0.1) is 5.92 Å². The van der Waals surface area contributed by atoms with Crippen LogP contribution in [0.3, 0.4) is 0 Å². The first-order chi connectivity index (χ1) is 9.47. The summed E-state index contributed by atoms with van der Waals surface area (Å²) in [7, 11) is 0. The smallest absolute Gasteiger partial charge is 0.273 e. The van der Waals surface area contributed by atoms with Crippen molar-refractivity contribution >= 4 is 11.8 Å². The molecule has 0 saturated carbocycles. The molecule has 0 aliphatic rings. The number of hydrogen-bond acceptors (Lipinski definition) is 4. The lowest BCUT2D eigenvalue weighted by Gasteiger charge is -2.20. The quantitative estimate of drug-likeness (QED) is 0.827. The monoisotopic (exact) mass is 281 g/mol. The molecule has 0 aliphatic heterocycles. The van der Waals surface area contributed by atoms with Gasteiger partial charge in [0.05, 0.1) is 6.54 Å². The minimum atomic E-state index is -0.265. The molecule has 0 spiro atoms. The molecule has 6 nitrogen and oxygen atoms in total. The first-order valence-electron chi connectivity index (χ1n) is 6.98. The molecule has 112 valence electrons. The lowest BCUT2D eigenvalue weighted by atomic mass is 10.1. The van der Waals surface area contributed by atoms with E-state index >= 15 is 0 Å². The number of carbonyl (C=O) groups is 2. The molecule has 1 aromatic heterocycles. The Bertz CT molecular complexity index is 454. The van der Waals surface area contributed by atoms with Crippen molar-refractivity contribution in [3.8, 4) is 0 Å². The Morgan fingerprint density at radius 2 is 2.10 bits per heavy atom. The second-order valence-corrected chi connectivity index (χ2v) is 4.99. The number of rotatable bonds is 7. The van der Waals surface area contributed by atoms with Gasteiger partial charge < -0.3 is 14.6 Å². The fourth-order valence-electron chi connectivity index (χ4n) is 1.76. The largest absolute Gasteiger partial charge is 0.446 e. The van der Waals surface area contributed by atoms with E-state index in [0.717, 1.165) is 0 Å². The summed E-state index contributed by atoms with van der Waals surface area (Å²) in [5.41, 5.74) is 0.245. The first kappa shape index (κ1) is 16.2. The van der Waals surface area contributed by atoms with Gasteiger partial charge in [0.25, 0.3) is 5.91 Å². The van der Waals surface area contributed by atoms with Crippen LogP contribution in [0.25, 0.3) is 0 Å². The highest BCUT2D eigenvalue weighted by Crippen LogP contribution is 2.10. The summed E-state index contributed by atoms with van der Waals surface area (Å²) in [6, 6.07) is 0. The van der Waals surface area contributed by atoms with Crippen LogP contribution in [0.15, 0.2) is 10.7 Å². The molecule has 1 rings (SSSR count). The van der Waals surface area contributed by atoms with E-state index < -0.39 is 0 Å². The van der Waals surface area contributed by atoms with E-state index in [9.17, 15) is 9.59 Å². The summed E-state index contributed by atoms with van der Waals surface area (Å²) in [4.78, 5) is 29.4. The third kappa shape index (κ3) is 4.68. The molecule has 1 aromatic rings. The molecule has 0 atom stereocenters. The summed E-state index contributed by atoms with van der Waals surface area (Å²) in [6.07, 6.45) is 1.82. The highest BCUT2D eigenvalue weighted by Gasteiger charge is 2.17. The van der Waals surface area contributed by atoms with Crippen molar-refractivity contribution in [1.82, 2.24) is 15.2 Å². The zero-order valence-corrected chi connectivity index (χ0v) is 12.6. The second-order valence-electron chi connectivity index (χ2n) is 4.99. The maximum atomic E-state index is 12.0. The Balaban J connectivity index is 2.66. The molecular formula is C14H23N3O3. The van der Waals surface area contributed by atoms with Gasteiger partial charge in [-0.1, -0.05) is 13.8 Å². The minimum absolute atomic E-state index is 0.0697. The van der Waals surface area contributed by atoms with Crippen LogP contribution in [0.2, 0.25) is 0 Å². The van der Waals surface area contributed by atoms with Crippen LogP contribution < -0.4 is 5.32 Å². The maximum absolute atomic E-state index is 12.0. The Kier molecular flexibility index (Phi) is 6.21. The third-order valence-corrected chi connectivity index (χ3v) is 2.77. The van der Waals surface area contributed by atoms with Crippen molar-refractivity contribution in [3.05, 3.63) is 17.8 Å². The Morgan fingerprint density at radius 3 is 2.65 bits per heavy atom. The third-order valence-electron chi connectivity index (χ3n) is 2.77. The van der Waals surface area contributed by atoms with Gasteiger partial charge in [-0.25, -0.2) is 4.98 Å². The lowest BCUT2D eigenvalue weighted by molar-refractivity contribution is -0.132. The molecule has 6 heteroatoms. The fraction of sp³-hybridized carbons (Fsp3) is 0.643. The summed E-state index contributed by atoms with van der Waals surface area (Å²) >= 11 is 0. The number of carbonyl (C=O) groups excluding carboxylic acids is 2. The van der Waals surface area contributed by atoms with E-state index in [4.69, 9.17) is 4.42 Å². The van der Waals surface area contributed by atoms with E-state index in [0.29, 0.717) is 37.9 Å². The number of oxazole rings is 1. The van der Waals surface area contributed by atoms with Crippen LogP contribution in [0.1, 0.15) is 50.5 Å².